The van der Waals surface area contributed by atoms with Gasteiger partial charge in [-0.15, -0.1) is 0 Å². The molecule has 0 radical (unpaired) electrons. The molecule has 0 atom stereocenters. The Balaban J connectivity index is 2.11. The normalized spacial score (nSPS) is 10.1. The van der Waals surface area contributed by atoms with E-state index in [1.165, 1.54) is 7.11 Å². The molecule has 0 fully saturated rings. The third-order valence-electron chi connectivity index (χ3n) is 4.56. The zero-order chi connectivity index (χ0) is 21.0. The molecule has 0 bridgehead atoms. The fraction of sp³-hybridized carbons (Fsp3) is 0.136. The van der Waals surface area contributed by atoms with Crippen molar-refractivity contribution in [1.29, 1.82) is 10.5 Å². The third kappa shape index (κ3) is 3.76. The smallest absolute Gasteiger partial charge is 0.268 e. The van der Waals surface area contributed by atoms with Crippen molar-refractivity contribution in [2.45, 2.75) is 13.5 Å². The van der Waals surface area contributed by atoms with Crippen molar-refractivity contribution in [1.82, 2.24) is 4.98 Å². The van der Waals surface area contributed by atoms with E-state index in [0.717, 1.165) is 11.1 Å². The van der Waals surface area contributed by atoms with E-state index in [-0.39, 0.29) is 22.5 Å². The maximum Gasteiger partial charge on any atom is 0.268 e. The average Bonchev–Trinajstić information content (AvgIpc) is 2.72. The number of nitrogen functional groups attached to an aromatic ring is 1. The second-order valence-corrected chi connectivity index (χ2v) is 6.30. The number of pyridine rings is 1. The van der Waals surface area contributed by atoms with E-state index in [4.69, 9.17) is 15.2 Å². The molecule has 29 heavy (non-hydrogen) atoms. The summed E-state index contributed by atoms with van der Waals surface area (Å²) in [5.74, 6) is 0.807. The summed E-state index contributed by atoms with van der Waals surface area (Å²) < 4.78 is 11.3. The lowest BCUT2D eigenvalue weighted by Gasteiger charge is -2.15. The minimum atomic E-state index is -0.655. The van der Waals surface area contributed by atoms with Crippen molar-refractivity contribution in [3.63, 3.8) is 0 Å². The zero-order valence-corrected chi connectivity index (χ0v) is 15.9. The van der Waals surface area contributed by atoms with Crippen molar-refractivity contribution < 1.29 is 9.47 Å². The molecule has 1 heterocycles. The largest absolute Gasteiger partial charge is 0.493 e. The number of ether oxygens (including phenoxy) is 2. The van der Waals surface area contributed by atoms with Gasteiger partial charge in [-0.25, -0.2) is 0 Å². The van der Waals surface area contributed by atoms with Crippen LogP contribution in [0.5, 0.6) is 11.5 Å². The summed E-state index contributed by atoms with van der Waals surface area (Å²) in [6, 6.07) is 16.6. The van der Waals surface area contributed by atoms with Gasteiger partial charge in [0, 0.05) is 5.56 Å². The highest BCUT2D eigenvalue weighted by Gasteiger charge is 2.19. The highest BCUT2D eigenvalue weighted by Crippen LogP contribution is 2.36. The molecule has 0 saturated heterocycles. The number of nitrogens with one attached hydrogen (secondary N) is 1. The van der Waals surface area contributed by atoms with Crippen LogP contribution in [0.3, 0.4) is 0 Å². The fourth-order valence-electron chi connectivity index (χ4n) is 3.00. The van der Waals surface area contributed by atoms with Crippen molar-refractivity contribution in [2.24, 2.45) is 0 Å². The van der Waals surface area contributed by atoms with E-state index >= 15 is 0 Å². The Morgan fingerprint density at radius 3 is 2.45 bits per heavy atom. The number of anilines is 1. The number of hydrogen-bond donors (Lipinski definition) is 2. The molecule has 7 heteroatoms. The molecule has 0 spiro atoms. The summed E-state index contributed by atoms with van der Waals surface area (Å²) in [5, 5.41) is 19.0. The molecule has 1 aromatic heterocycles. The molecule has 0 aliphatic rings. The molecule has 0 amide bonds. The van der Waals surface area contributed by atoms with Gasteiger partial charge >= 0.3 is 0 Å². The minimum absolute atomic E-state index is 0.0242. The number of benzene rings is 2. The highest BCUT2D eigenvalue weighted by atomic mass is 16.5. The van der Waals surface area contributed by atoms with E-state index in [9.17, 15) is 15.3 Å². The first-order valence-electron chi connectivity index (χ1n) is 8.71. The van der Waals surface area contributed by atoms with Gasteiger partial charge in [0.2, 0.25) is 0 Å². The Morgan fingerprint density at radius 2 is 1.79 bits per heavy atom. The van der Waals surface area contributed by atoms with Crippen molar-refractivity contribution in [2.75, 3.05) is 12.8 Å². The van der Waals surface area contributed by atoms with Crippen LogP contribution in [-0.2, 0) is 6.61 Å². The summed E-state index contributed by atoms with van der Waals surface area (Å²) in [6.07, 6.45) is 0. The molecule has 7 nitrogen and oxygen atoms in total. The van der Waals surface area contributed by atoms with Gasteiger partial charge in [0.25, 0.3) is 5.56 Å². The lowest BCUT2D eigenvalue weighted by Crippen LogP contribution is -2.16. The highest BCUT2D eigenvalue weighted by molar-refractivity contribution is 5.81. The number of aromatic amines is 1. The number of rotatable bonds is 5. The molecule has 0 aliphatic carbocycles. The Bertz CT molecular complexity index is 1220. The van der Waals surface area contributed by atoms with Crippen LogP contribution in [0.25, 0.3) is 11.1 Å². The van der Waals surface area contributed by atoms with Crippen molar-refractivity contribution in [3.05, 3.63) is 75.1 Å². The maximum absolute atomic E-state index is 12.2. The lowest BCUT2D eigenvalue weighted by atomic mass is 9.96. The van der Waals surface area contributed by atoms with E-state index in [1.54, 1.807) is 18.2 Å². The Morgan fingerprint density at radius 1 is 1.07 bits per heavy atom. The van der Waals surface area contributed by atoms with E-state index in [1.807, 2.05) is 43.3 Å². The van der Waals surface area contributed by atoms with Crippen LogP contribution >= 0.6 is 0 Å². The number of hydrogen-bond acceptors (Lipinski definition) is 6. The maximum atomic E-state index is 12.2. The second-order valence-electron chi connectivity index (χ2n) is 6.30. The van der Waals surface area contributed by atoms with E-state index in [2.05, 4.69) is 4.98 Å². The van der Waals surface area contributed by atoms with Gasteiger partial charge in [-0.2, -0.15) is 10.5 Å². The van der Waals surface area contributed by atoms with Gasteiger partial charge < -0.3 is 20.2 Å². The van der Waals surface area contributed by atoms with Gasteiger partial charge in [0.1, 0.15) is 35.7 Å². The molecular formula is C22H18N4O3. The van der Waals surface area contributed by atoms with Crippen LogP contribution in [0.4, 0.5) is 5.82 Å². The molecule has 3 rings (SSSR count). The molecule has 2 aromatic carbocycles. The fourth-order valence-corrected chi connectivity index (χ4v) is 3.00. The first-order chi connectivity index (χ1) is 14.0. The number of H-pyrrole nitrogens is 1. The molecule has 0 aliphatic heterocycles. The van der Waals surface area contributed by atoms with Crippen LogP contribution in [0.15, 0.2) is 47.3 Å². The van der Waals surface area contributed by atoms with Gasteiger partial charge in [0.05, 0.1) is 7.11 Å². The Kier molecular flexibility index (Phi) is 5.52. The molecule has 3 N–H and O–H groups in total. The summed E-state index contributed by atoms with van der Waals surface area (Å²) >= 11 is 0. The predicted octanol–water partition coefficient (Wildman–Crippen LogP) is 3.26. The van der Waals surface area contributed by atoms with Crippen LogP contribution in [0, 0.1) is 29.6 Å². The number of nitrogens with zero attached hydrogens (tertiary/aromatic N) is 2. The average molecular weight is 386 g/mol. The van der Waals surface area contributed by atoms with Crippen LogP contribution in [-0.4, -0.2) is 12.1 Å². The molecule has 3 aromatic rings. The molecule has 0 unspecified atom stereocenters. The Labute approximate surface area is 167 Å². The first kappa shape index (κ1) is 19.5. The summed E-state index contributed by atoms with van der Waals surface area (Å²) in [4.78, 5) is 14.5. The number of nitrogens with two attached hydrogens (primary N) is 1. The van der Waals surface area contributed by atoms with Crippen molar-refractivity contribution in [3.8, 4) is 34.8 Å². The Hall–Kier alpha value is -4.23. The van der Waals surface area contributed by atoms with E-state index < -0.39 is 5.56 Å². The van der Waals surface area contributed by atoms with E-state index in [0.29, 0.717) is 23.7 Å². The topological polar surface area (TPSA) is 125 Å². The first-order valence-corrected chi connectivity index (χ1v) is 8.71. The van der Waals surface area contributed by atoms with Crippen LogP contribution in [0.2, 0.25) is 0 Å². The summed E-state index contributed by atoms with van der Waals surface area (Å²) in [6.45, 7) is 2.30. The number of nitriles is 2. The number of aryl methyl sites for hydroxylation is 1. The molecular weight excluding hydrogens is 368 g/mol. The standard InChI is InChI=1S/C22H18N4O3/c1-13-5-3-4-6-15(13)12-29-19-9-14(7-8-18(19)28-2)20-16(10-23)21(25)26-22(27)17(20)11-24/h3-9H,12H2,1-2H3,(H3,25,26,27). The number of aromatic nitrogens is 1. The van der Waals surface area contributed by atoms with Crippen molar-refractivity contribution >= 4 is 5.82 Å². The summed E-state index contributed by atoms with van der Waals surface area (Å²) in [5.41, 5.74) is 7.69. The van der Waals surface area contributed by atoms with Crippen LogP contribution in [0.1, 0.15) is 22.3 Å². The third-order valence-corrected chi connectivity index (χ3v) is 4.56. The van der Waals surface area contributed by atoms with Gasteiger partial charge in [-0.1, -0.05) is 30.3 Å². The molecule has 144 valence electrons. The predicted molar refractivity (Wildman–Crippen MR) is 108 cm³/mol. The minimum Gasteiger partial charge on any atom is -0.493 e. The number of methoxy groups -OCH3 is 1. The monoisotopic (exact) mass is 386 g/mol. The van der Waals surface area contributed by atoms with Gasteiger partial charge in [-0.3, -0.25) is 4.79 Å². The second kappa shape index (κ2) is 8.20. The quantitative estimate of drug-likeness (QED) is 0.693. The van der Waals surface area contributed by atoms with Gasteiger partial charge in [0.15, 0.2) is 11.5 Å². The lowest BCUT2D eigenvalue weighted by molar-refractivity contribution is 0.284. The molecule has 0 saturated carbocycles. The zero-order valence-electron chi connectivity index (χ0n) is 15.9. The SMILES string of the molecule is COc1ccc(-c2c(C#N)c(N)[nH]c(=O)c2C#N)cc1OCc1ccccc1C. The van der Waals surface area contributed by atoms with Gasteiger partial charge in [-0.05, 0) is 35.7 Å². The van der Waals surface area contributed by atoms with Crippen LogP contribution < -0.4 is 20.8 Å². The summed E-state index contributed by atoms with van der Waals surface area (Å²) in [7, 11) is 1.52.